The number of nitrogens with zero attached hydrogens (tertiary/aromatic N) is 1. The molecule has 1 saturated heterocycles. The van der Waals surface area contributed by atoms with Gasteiger partial charge in [-0.2, -0.15) is 0 Å². The molecule has 1 aliphatic rings. The van der Waals surface area contributed by atoms with Crippen molar-refractivity contribution in [2.75, 3.05) is 33.4 Å². The van der Waals surface area contributed by atoms with Gasteiger partial charge in [-0.05, 0) is 45.7 Å². The first kappa shape index (κ1) is 14.9. The number of methoxy groups -OCH3 is 1. The van der Waals surface area contributed by atoms with Crippen LogP contribution in [-0.4, -0.2) is 49.8 Å². The van der Waals surface area contributed by atoms with Gasteiger partial charge in [0.25, 0.3) is 0 Å². The fourth-order valence-corrected chi connectivity index (χ4v) is 2.73. The minimum atomic E-state index is 0.331. The van der Waals surface area contributed by atoms with E-state index >= 15 is 0 Å². The molecule has 0 aliphatic carbocycles. The third kappa shape index (κ3) is 4.23. The Balaban J connectivity index is 2.58. The highest BCUT2D eigenvalue weighted by atomic mass is 16.5. The average Bonchev–Trinajstić information content (AvgIpc) is 2.59. The van der Waals surface area contributed by atoms with Gasteiger partial charge in [0, 0.05) is 31.8 Å². The van der Waals surface area contributed by atoms with Gasteiger partial charge in [-0.1, -0.05) is 13.8 Å². The average molecular weight is 242 g/mol. The summed E-state index contributed by atoms with van der Waals surface area (Å²) in [6.45, 7) is 11.4. The summed E-state index contributed by atoms with van der Waals surface area (Å²) in [6.07, 6.45) is 4.84. The molecular weight excluding hydrogens is 212 g/mol. The zero-order chi connectivity index (χ0) is 12.7. The number of rotatable bonds is 6. The van der Waals surface area contributed by atoms with Crippen LogP contribution in [0.4, 0.5) is 0 Å². The second kappa shape index (κ2) is 7.34. The third-order valence-corrected chi connectivity index (χ3v) is 4.34. The highest BCUT2D eigenvalue weighted by molar-refractivity contribution is 4.92. The van der Waals surface area contributed by atoms with Crippen molar-refractivity contribution < 1.29 is 4.74 Å². The normalized spacial score (nSPS) is 23.3. The van der Waals surface area contributed by atoms with E-state index in [9.17, 15) is 0 Å². The van der Waals surface area contributed by atoms with Gasteiger partial charge < -0.3 is 10.1 Å². The molecule has 1 atom stereocenters. The van der Waals surface area contributed by atoms with E-state index in [0.29, 0.717) is 11.6 Å². The van der Waals surface area contributed by atoms with Crippen molar-refractivity contribution in [3.8, 4) is 0 Å². The van der Waals surface area contributed by atoms with Gasteiger partial charge in [0.1, 0.15) is 0 Å². The first-order chi connectivity index (χ1) is 8.17. The Labute approximate surface area is 107 Å². The molecule has 17 heavy (non-hydrogen) atoms. The molecular formula is C14H30N2O. The Hall–Kier alpha value is -0.120. The molecule has 1 heterocycles. The summed E-state index contributed by atoms with van der Waals surface area (Å²) in [5.74, 6) is 0. The van der Waals surface area contributed by atoms with E-state index in [1.165, 1.54) is 32.4 Å². The third-order valence-electron chi connectivity index (χ3n) is 4.34. The molecule has 0 bridgehead atoms. The molecule has 1 aliphatic heterocycles. The zero-order valence-corrected chi connectivity index (χ0v) is 12.1. The maximum atomic E-state index is 5.20. The predicted octanol–water partition coefficient (Wildman–Crippen LogP) is 2.27. The standard InChI is InChI=1S/C14H30N2O/c1-5-14(6-2)12-16(10-7-9-15-14)13(3)8-11-17-4/h13,15H,5-12H2,1-4H3. The lowest BCUT2D eigenvalue weighted by Gasteiger charge is -2.38. The van der Waals surface area contributed by atoms with Crippen LogP contribution < -0.4 is 5.32 Å². The monoisotopic (exact) mass is 242 g/mol. The lowest BCUT2D eigenvalue weighted by Crippen LogP contribution is -2.52. The summed E-state index contributed by atoms with van der Waals surface area (Å²) in [5.41, 5.74) is 0.331. The van der Waals surface area contributed by atoms with Crippen molar-refractivity contribution in [1.82, 2.24) is 10.2 Å². The molecule has 1 fully saturated rings. The van der Waals surface area contributed by atoms with Gasteiger partial charge >= 0.3 is 0 Å². The Bertz CT molecular complexity index is 204. The lowest BCUT2D eigenvalue weighted by molar-refractivity contribution is 0.117. The van der Waals surface area contributed by atoms with Crippen LogP contribution in [-0.2, 0) is 4.74 Å². The summed E-state index contributed by atoms with van der Waals surface area (Å²) in [6, 6.07) is 0.632. The SMILES string of the molecule is CCC1(CC)CN(C(C)CCOC)CCCN1. The van der Waals surface area contributed by atoms with E-state index in [2.05, 4.69) is 31.0 Å². The second-order valence-electron chi connectivity index (χ2n) is 5.37. The molecule has 1 rings (SSSR count). The smallest absolute Gasteiger partial charge is 0.0477 e. The molecule has 0 aromatic carbocycles. The summed E-state index contributed by atoms with van der Waals surface area (Å²) < 4.78 is 5.20. The Kier molecular flexibility index (Phi) is 6.45. The maximum Gasteiger partial charge on any atom is 0.0477 e. The van der Waals surface area contributed by atoms with Crippen LogP contribution in [0.5, 0.6) is 0 Å². The molecule has 0 aromatic heterocycles. The van der Waals surface area contributed by atoms with Gasteiger partial charge in [0.2, 0.25) is 0 Å². The second-order valence-corrected chi connectivity index (χ2v) is 5.37. The summed E-state index contributed by atoms with van der Waals surface area (Å²) in [5, 5.41) is 3.76. The number of ether oxygens (including phenoxy) is 1. The van der Waals surface area contributed by atoms with Crippen molar-refractivity contribution in [1.29, 1.82) is 0 Å². The van der Waals surface area contributed by atoms with Crippen LogP contribution in [0.25, 0.3) is 0 Å². The van der Waals surface area contributed by atoms with Gasteiger partial charge in [-0.25, -0.2) is 0 Å². The molecule has 1 unspecified atom stereocenters. The first-order valence-corrected chi connectivity index (χ1v) is 7.15. The molecule has 0 spiro atoms. The topological polar surface area (TPSA) is 24.5 Å². The fraction of sp³-hybridized carbons (Fsp3) is 1.00. The molecule has 0 aromatic rings. The van der Waals surface area contributed by atoms with Gasteiger partial charge in [0.15, 0.2) is 0 Å². The van der Waals surface area contributed by atoms with Crippen molar-refractivity contribution in [2.24, 2.45) is 0 Å². The fourth-order valence-electron chi connectivity index (χ4n) is 2.73. The maximum absolute atomic E-state index is 5.20. The van der Waals surface area contributed by atoms with E-state index in [0.717, 1.165) is 19.6 Å². The number of hydrogen-bond donors (Lipinski definition) is 1. The Morgan fingerprint density at radius 1 is 1.35 bits per heavy atom. The van der Waals surface area contributed by atoms with Crippen LogP contribution in [0.2, 0.25) is 0 Å². The molecule has 0 radical (unpaired) electrons. The van der Waals surface area contributed by atoms with E-state index < -0.39 is 0 Å². The van der Waals surface area contributed by atoms with Crippen LogP contribution in [0.3, 0.4) is 0 Å². The summed E-state index contributed by atoms with van der Waals surface area (Å²) in [4.78, 5) is 2.64. The minimum absolute atomic E-state index is 0.331. The van der Waals surface area contributed by atoms with Crippen molar-refractivity contribution in [3.63, 3.8) is 0 Å². The van der Waals surface area contributed by atoms with Gasteiger partial charge in [0.05, 0.1) is 0 Å². The van der Waals surface area contributed by atoms with Gasteiger partial charge in [-0.15, -0.1) is 0 Å². The van der Waals surface area contributed by atoms with Crippen LogP contribution >= 0.6 is 0 Å². The zero-order valence-electron chi connectivity index (χ0n) is 12.1. The summed E-state index contributed by atoms with van der Waals surface area (Å²) >= 11 is 0. The Morgan fingerprint density at radius 3 is 2.65 bits per heavy atom. The van der Waals surface area contributed by atoms with Crippen molar-refractivity contribution >= 4 is 0 Å². The first-order valence-electron chi connectivity index (χ1n) is 7.15. The van der Waals surface area contributed by atoms with Crippen molar-refractivity contribution in [3.05, 3.63) is 0 Å². The molecule has 0 saturated carbocycles. The van der Waals surface area contributed by atoms with E-state index in [1.807, 2.05) is 0 Å². The summed E-state index contributed by atoms with van der Waals surface area (Å²) in [7, 11) is 1.79. The van der Waals surface area contributed by atoms with Crippen LogP contribution in [0, 0.1) is 0 Å². The predicted molar refractivity (Wildman–Crippen MR) is 73.5 cm³/mol. The Morgan fingerprint density at radius 2 is 2.06 bits per heavy atom. The molecule has 102 valence electrons. The van der Waals surface area contributed by atoms with Crippen molar-refractivity contribution in [2.45, 2.75) is 58.0 Å². The van der Waals surface area contributed by atoms with Crippen LogP contribution in [0.1, 0.15) is 46.5 Å². The molecule has 3 nitrogen and oxygen atoms in total. The number of nitrogens with one attached hydrogen (secondary N) is 1. The highest BCUT2D eigenvalue weighted by Gasteiger charge is 2.31. The van der Waals surface area contributed by atoms with E-state index in [-0.39, 0.29) is 0 Å². The largest absolute Gasteiger partial charge is 0.385 e. The lowest BCUT2D eigenvalue weighted by atomic mass is 9.92. The molecule has 1 N–H and O–H groups in total. The highest BCUT2D eigenvalue weighted by Crippen LogP contribution is 2.21. The molecule has 0 amide bonds. The van der Waals surface area contributed by atoms with Gasteiger partial charge in [-0.3, -0.25) is 4.90 Å². The number of hydrogen-bond acceptors (Lipinski definition) is 3. The van der Waals surface area contributed by atoms with Crippen LogP contribution in [0.15, 0.2) is 0 Å². The van der Waals surface area contributed by atoms with E-state index in [4.69, 9.17) is 4.74 Å². The van der Waals surface area contributed by atoms with E-state index in [1.54, 1.807) is 7.11 Å². The molecule has 3 heteroatoms. The quantitative estimate of drug-likeness (QED) is 0.773. The minimum Gasteiger partial charge on any atom is -0.385 e.